The maximum atomic E-state index is 14.2. The lowest BCUT2D eigenvalue weighted by molar-refractivity contribution is 0.0776. The summed E-state index contributed by atoms with van der Waals surface area (Å²) in [4.78, 5) is 31.7. The van der Waals surface area contributed by atoms with Crippen LogP contribution in [0.15, 0.2) is 67.1 Å². The number of aryl methyl sites for hydroxylation is 2. The number of H-pyrrole nitrogens is 1. The Bertz CT molecular complexity index is 2200. The van der Waals surface area contributed by atoms with Crippen molar-refractivity contribution in [2.75, 3.05) is 19.0 Å². The van der Waals surface area contributed by atoms with E-state index in [2.05, 4.69) is 32.6 Å². The van der Waals surface area contributed by atoms with Gasteiger partial charge in [0, 0.05) is 28.7 Å². The molecule has 0 radical (unpaired) electrons. The zero-order valence-corrected chi connectivity index (χ0v) is 27.1. The summed E-state index contributed by atoms with van der Waals surface area (Å²) in [6, 6.07) is 17.1. The van der Waals surface area contributed by atoms with Crippen molar-refractivity contribution in [1.29, 1.82) is 0 Å². The predicted octanol–water partition coefficient (Wildman–Crippen LogP) is 7.47. The fourth-order valence-corrected chi connectivity index (χ4v) is 8.95. The maximum Gasteiger partial charge on any atom is 0.257 e. The number of carbonyl (C=O) groups is 1. The van der Waals surface area contributed by atoms with E-state index in [-0.39, 0.29) is 23.8 Å². The molecular formula is C37H32FN7O2S. The Morgan fingerprint density at radius 2 is 1.96 bits per heavy atom. The first kappa shape index (κ1) is 29.0. The number of nitrogens with one attached hydrogen (secondary N) is 2. The third-order valence-corrected chi connectivity index (χ3v) is 11.2. The molecule has 0 spiro atoms. The van der Waals surface area contributed by atoms with Crippen LogP contribution in [0.5, 0.6) is 5.75 Å². The first-order chi connectivity index (χ1) is 23.6. The van der Waals surface area contributed by atoms with Crippen LogP contribution in [0.1, 0.15) is 69.8 Å². The van der Waals surface area contributed by atoms with E-state index in [1.54, 1.807) is 18.4 Å². The molecule has 2 N–H and O–H groups in total. The average Bonchev–Trinajstić information content (AvgIpc) is 3.95. The summed E-state index contributed by atoms with van der Waals surface area (Å²) in [5, 5.41) is 12.1. The van der Waals surface area contributed by atoms with Crippen molar-refractivity contribution in [2.45, 2.75) is 50.6 Å². The third kappa shape index (κ3) is 4.67. The number of methoxy groups -OCH3 is 1. The standard InChI is InChI=1S/C37H32FN7O2S/c1-47-28-6-2-4-23-24(28)12-14-25(23)43-36-34-21(15-16-39-36)18-29(48-34)31-30(35-40-19-41-44-35)26(13-9-20-7-10-22(38)11-8-20)42-33-27-5-3-17-45(27)37(46)32(31)33/h2,4,6-8,10-11,15-16,18-19,25,27H,3,5,9,12-14,17H2,1H3,(H,39,43)(H,40,41,44)/t25-,27?/m0/s1. The van der Waals surface area contributed by atoms with Gasteiger partial charge in [-0.1, -0.05) is 24.3 Å². The van der Waals surface area contributed by atoms with Crippen LogP contribution in [0.3, 0.4) is 0 Å². The van der Waals surface area contributed by atoms with Crippen LogP contribution in [-0.2, 0) is 19.3 Å². The van der Waals surface area contributed by atoms with Gasteiger partial charge in [-0.05, 0) is 90.9 Å². The fourth-order valence-electron chi connectivity index (χ4n) is 7.79. The molecule has 1 amide bonds. The highest BCUT2D eigenvalue weighted by Gasteiger charge is 2.44. The number of hydrogen-bond donors (Lipinski definition) is 2. The van der Waals surface area contributed by atoms with Gasteiger partial charge < -0.3 is 15.0 Å². The van der Waals surface area contributed by atoms with Gasteiger partial charge in [0.15, 0.2) is 5.82 Å². The summed E-state index contributed by atoms with van der Waals surface area (Å²) in [5.41, 5.74) is 7.46. The largest absolute Gasteiger partial charge is 0.496 e. The van der Waals surface area contributed by atoms with Gasteiger partial charge in [0.2, 0.25) is 0 Å². The van der Waals surface area contributed by atoms with E-state index in [9.17, 15) is 9.18 Å². The van der Waals surface area contributed by atoms with E-state index in [0.717, 1.165) is 86.8 Å². The van der Waals surface area contributed by atoms with E-state index in [1.165, 1.54) is 29.6 Å². The molecule has 9 rings (SSSR count). The Hall–Kier alpha value is -5.16. The van der Waals surface area contributed by atoms with Crippen LogP contribution in [0.4, 0.5) is 10.2 Å². The smallest absolute Gasteiger partial charge is 0.257 e. The van der Waals surface area contributed by atoms with E-state index in [1.807, 2.05) is 41.4 Å². The van der Waals surface area contributed by atoms with Crippen molar-refractivity contribution < 1.29 is 13.9 Å². The molecule has 240 valence electrons. The SMILES string of the molecule is COc1cccc2c1CC[C@@H]2Nc1nccc2cc(-c3c4c(nc(CCc5ccc(F)cc5)c3-c3ncn[nH]3)C3CCCN3C4=O)sc12. The summed E-state index contributed by atoms with van der Waals surface area (Å²) in [7, 11) is 1.72. The topological polar surface area (TPSA) is 109 Å². The Morgan fingerprint density at radius 1 is 1.06 bits per heavy atom. The van der Waals surface area contributed by atoms with Crippen molar-refractivity contribution in [2.24, 2.45) is 0 Å². The summed E-state index contributed by atoms with van der Waals surface area (Å²) in [5.74, 6) is 2.07. The monoisotopic (exact) mass is 657 g/mol. The van der Waals surface area contributed by atoms with Gasteiger partial charge in [-0.2, -0.15) is 5.10 Å². The second kappa shape index (κ2) is 11.5. The number of aromatic amines is 1. The number of benzene rings is 2. The second-order valence-corrected chi connectivity index (χ2v) is 13.7. The molecular weight excluding hydrogens is 626 g/mol. The molecule has 1 unspecified atom stereocenters. The number of nitrogens with zero attached hydrogens (tertiary/aromatic N) is 5. The van der Waals surface area contributed by atoms with Gasteiger partial charge >= 0.3 is 0 Å². The number of carbonyl (C=O) groups excluding carboxylic acids is 1. The van der Waals surface area contributed by atoms with Crippen LogP contribution >= 0.6 is 11.3 Å². The molecule has 6 aromatic rings. The number of ether oxygens (including phenoxy) is 1. The zero-order chi connectivity index (χ0) is 32.4. The minimum atomic E-state index is -0.260. The van der Waals surface area contributed by atoms with E-state index < -0.39 is 0 Å². The van der Waals surface area contributed by atoms with Crippen LogP contribution in [0, 0.1) is 5.82 Å². The summed E-state index contributed by atoms with van der Waals surface area (Å²) >= 11 is 1.63. The van der Waals surface area contributed by atoms with Crippen molar-refractivity contribution in [3.63, 3.8) is 0 Å². The lowest BCUT2D eigenvalue weighted by Gasteiger charge is -2.17. The maximum absolute atomic E-state index is 14.2. The number of fused-ring (bicyclic) bond motifs is 5. The highest BCUT2D eigenvalue weighted by atomic mass is 32.1. The highest BCUT2D eigenvalue weighted by Crippen LogP contribution is 2.50. The van der Waals surface area contributed by atoms with E-state index in [0.29, 0.717) is 24.2 Å². The molecule has 48 heavy (non-hydrogen) atoms. The van der Waals surface area contributed by atoms with Gasteiger partial charge in [0.25, 0.3) is 5.91 Å². The van der Waals surface area contributed by atoms with Gasteiger partial charge in [-0.25, -0.2) is 14.4 Å². The van der Waals surface area contributed by atoms with Crippen molar-refractivity contribution >= 4 is 33.1 Å². The third-order valence-electron chi connectivity index (χ3n) is 10.00. The molecule has 2 atom stereocenters. The van der Waals surface area contributed by atoms with Crippen LogP contribution in [0.25, 0.3) is 31.9 Å². The number of pyridine rings is 2. The normalized spacial score (nSPS) is 18.0. The quantitative estimate of drug-likeness (QED) is 0.175. The van der Waals surface area contributed by atoms with Gasteiger partial charge in [0.05, 0.1) is 40.8 Å². The number of rotatable bonds is 8. The second-order valence-electron chi connectivity index (χ2n) is 12.6. The van der Waals surface area contributed by atoms with Crippen molar-refractivity contribution in [3.8, 4) is 27.6 Å². The molecule has 1 saturated heterocycles. The molecule has 0 saturated carbocycles. The van der Waals surface area contributed by atoms with Crippen LogP contribution in [-0.4, -0.2) is 49.6 Å². The Balaban J connectivity index is 1.19. The molecule has 3 aliphatic rings. The zero-order valence-electron chi connectivity index (χ0n) is 26.3. The first-order valence-corrected chi connectivity index (χ1v) is 17.2. The molecule has 2 aromatic carbocycles. The van der Waals surface area contributed by atoms with Gasteiger partial charge in [0.1, 0.15) is 23.7 Å². The summed E-state index contributed by atoms with van der Waals surface area (Å²) < 4.78 is 20.4. The molecule has 6 heterocycles. The van der Waals surface area contributed by atoms with Crippen LogP contribution in [0.2, 0.25) is 0 Å². The molecule has 9 nitrogen and oxygen atoms in total. The molecule has 1 fully saturated rings. The first-order valence-electron chi connectivity index (χ1n) is 16.4. The highest BCUT2D eigenvalue weighted by molar-refractivity contribution is 7.23. The predicted molar refractivity (Wildman–Crippen MR) is 183 cm³/mol. The average molecular weight is 658 g/mol. The van der Waals surface area contributed by atoms with Crippen LogP contribution < -0.4 is 10.1 Å². The Morgan fingerprint density at radius 3 is 2.79 bits per heavy atom. The van der Waals surface area contributed by atoms with Crippen molar-refractivity contribution in [1.82, 2.24) is 30.0 Å². The lowest BCUT2D eigenvalue weighted by atomic mass is 9.92. The van der Waals surface area contributed by atoms with Crippen molar-refractivity contribution in [3.05, 3.63) is 107 Å². The minimum Gasteiger partial charge on any atom is -0.496 e. The number of thiophene rings is 1. The van der Waals surface area contributed by atoms with E-state index in [4.69, 9.17) is 14.7 Å². The molecule has 1 aliphatic carbocycles. The lowest BCUT2D eigenvalue weighted by Crippen LogP contribution is -2.22. The molecule has 2 aliphatic heterocycles. The van der Waals surface area contributed by atoms with E-state index >= 15 is 0 Å². The Labute approximate surface area is 280 Å². The number of amides is 1. The summed E-state index contributed by atoms with van der Waals surface area (Å²) in [6.07, 6.45) is 8.31. The minimum absolute atomic E-state index is 0.0197. The summed E-state index contributed by atoms with van der Waals surface area (Å²) in [6.45, 7) is 0.722. The number of hydrogen-bond acceptors (Lipinski definition) is 8. The van der Waals surface area contributed by atoms with Gasteiger partial charge in [-0.15, -0.1) is 11.3 Å². The van der Waals surface area contributed by atoms with Gasteiger partial charge in [-0.3, -0.25) is 14.9 Å². The number of halogens is 1. The molecule has 0 bridgehead atoms. The molecule has 4 aromatic heterocycles. The fraction of sp³-hybridized carbons (Fsp3) is 0.270. The molecule has 11 heteroatoms. The number of anilines is 1. The Kier molecular flexibility index (Phi) is 6.96. The number of aromatic nitrogens is 5.